The molecule has 0 radical (unpaired) electrons. The van der Waals surface area contributed by atoms with Gasteiger partial charge in [0, 0.05) is 25.7 Å². The molecule has 2 unspecified atom stereocenters. The zero-order valence-electron chi connectivity index (χ0n) is 65.3. The van der Waals surface area contributed by atoms with E-state index in [2.05, 4.69) is 34.6 Å². The number of carbonyl (C=O) groups is 4. The van der Waals surface area contributed by atoms with Crippen LogP contribution in [-0.2, 0) is 65.4 Å². The van der Waals surface area contributed by atoms with Crippen molar-refractivity contribution in [1.82, 2.24) is 0 Å². The minimum Gasteiger partial charge on any atom is -0.462 e. The second kappa shape index (κ2) is 73.9. The van der Waals surface area contributed by atoms with Gasteiger partial charge in [0.25, 0.3) is 0 Å². The van der Waals surface area contributed by atoms with Gasteiger partial charge in [0.05, 0.1) is 26.4 Å². The highest BCUT2D eigenvalue weighted by atomic mass is 31.2. The van der Waals surface area contributed by atoms with Crippen LogP contribution in [0.5, 0.6) is 0 Å². The molecule has 0 aromatic heterocycles. The predicted molar refractivity (Wildman–Crippen MR) is 409 cm³/mol. The summed E-state index contributed by atoms with van der Waals surface area (Å²) < 4.78 is 68.7. The van der Waals surface area contributed by atoms with Crippen LogP contribution >= 0.6 is 15.6 Å². The lowest BCUT2D eigenvalue weighted by atomic mass is 10.0. The van der Waals surface area contributed by atoms with Crippen molar-refractivity contribution in [3.63, 3.8) is 0 Å². The maximum atomic E-state index is 13.1. The summed E-state index contributed by atoms with van der Waals surface area (Å²) in [6.07, 6.45) is 65.1. The van der Waals surface area contributed by atoms with E-state index in [1.807, 2.05) is 0 Å². The number of aliphatic hydroxyl groups excluding tert-OH is 1. The Morgan fingerprint density at radius 1 is 0.270 bits per heavy atom. The Morgan fingerprint density at radius 2 is 0.460 bits per heavy atom. The lowest BCUT2D eigenvalue weighted by Gasteiger charge is -2.21. The molecular formula is C81H158O17P2. The van der Waals surface area contributed by atoms with Crippen molar-refractivity contribution in [2.24, 2.45) is 5.92 Å². The quantitative estimate of drug-likeness (QED) is 0.0222. The Bertz CT molecular complexity index is 1910. The Balaban J connectivity index is 5.25. The van der Waals surface area contributed by atoms with Crippen molar-refractivity contribution in [1.29, 1.82) is 0 Å². The molecule has 0 spiro atoms. The normalized spacial score (nSPS) is 13.8. The molecule has 19 heteroatoms. The van der Waals surface area contributed by atoms with Crippen molar-refractivity contribution in [3.8, 4) is 0 Å². The van der Waals surface area contributed by atoms with Crippen molar-refractivity contribution in [2.75, 3.05) is 39.6 Å². The fourth-order valence-electron chi connectivity index (χ4n) is 12.6. The smallest absolute Gasteiger partial charge is 0.462 e. The topological polar surface area (TPSA) is 237 Å². The van der Waals surface area contributed by atoms with Crippen LogP contribution in [0, 0.1) is 5.92 Å². The van der Waals surface area contributed by atoms with E-state index in [0.717, 1.165) is 95.8 Å². The Morgan fingerprint density at radius 3 is 0.680 bits per heavy atom. The summed E-state index contributed by atoms with van der Waals surface area (Å²) in [7, 11) is -9.92. The van der Waals surface area contributed by atoms with Gasteiger partial charge in [-0.15, -0.1) is 0 Å². The molecule has 0 heterocycles. The van der Waals surface area contributed by atoms with Crippen LogP contribution in [0.1, 0.15) is 433 Å². The molecule has 0 aromatic carbocycles. The highest BCUT2D eigenvalue weighted by Gasteiger charge is 2.30. The lowest BCUT2D eigenvalue weighted by Crippen LogP contribution is -2.30. The maximum absolute atomic E-state index is 13.1. The van der Waals surface area contributed by atoms with Gasteiger partial charge in [-0.05, 0) is 31.6 Å². The standard InChI is InChI=1S/C81H158O17P2/c1-6-9-12-15-18-21-24-27-28-29-30-31-32-36-42-47-52-57-62-67-81(86)98-77(71-92-79(84)65-60-55-50-45-40-37-33-35-38-43-48-53-58-63-74(4)5)73-96-100(89,90)94-69-75(82)68-93-99(87,88)95-72-76(70-91-78(83)64-59-54-49-44-39-26-23-20-17-14-11-8-3)97-80(85)66-61-56-51-46-41-34-25-22-19-16-13-10-7-2/h74-77,82H,6-73H2,1-5H3,(H,87,88)(H,89,90)/t75-,76+,77+/m0/s1. The molecule has 0 aliphatic heterocycles. The van der Waals surface area contributed by atoms with Crippen LogP contribution in [0.25, 0.3) is 0 Å². The van der Waals surface area contributed by atoms with Crippen LogP contribution in [0.15, 0.2) is 0 Å². The SMILES string of the molecule is CCCCCCCCCCCCCCCCCCCCCC(=O)O[C@H](COC(=O)CCCCCCCCCCCCCCCC(C)C)COP(=O)(O)OC[C@@H](O)COP(=O)(O)OC[C@@H](COC(=O)CCCCCCCCCCCCCC)OC(=O)CCCCCCCCCCCCCCC. The third kappa shape index (κ3) is 74.3. The third-order valence-corrected chi connectivity index (χ3v) is 20.9. The average Bonchev–Trinajstić information content (AvgIpc) is 0.915. The van der Waals surface area contributed by atoms with E-state index in [-0.39, 0.29) is 25.7 Å². The van der Waals surface area contributed by atoms with Crippen molar-refractivity contribution in [3.05, 3.63) is 0 Å². The number of hydrogen-bond donors (Lipinski definition) is 3. The number of rotatable bonds is 81. The van der Waals surface area contributed by atoms with E-state index < -0.39 is 97.5 Å². The second-order valence-corrected chi connectivity index (χ2v) is 32.5. The molecule has 0 amide bonds. The summed E-state index contributed by atoms with van der Waals surface area (Å²) in [5.74, 6) is -1.31. The van der Waals surface area contributed by atoms with Crippen molar-refractivity contribution in [2.45, 2.75) is 451 Å². The molecule has 17 nitrogen and oxygen atoms in total. The lowest BCUT2D eigenvalue weighted by molar-refractivity contribution is -0.161. The average molecular weight is 1470 g/mol. The minimum absolute atomic E-state index is 0.108. The van der Waals surface area contributed by atoms with Gasteiger partial charge < -0.3 is 33.8 Å². The van der Waals surface area contributed by atoms with E-state index >= 15 is 0 Å². The Hall–Kier alpha value is -1.94. The molecule has 0 bridgehead atoms. The molecule has 0 aliphatic rings. The Kier molecular flexibility index (Phi) is 72.5. The van der Waals surface area contributed by atoms with E-state index in [0.29, 0.717) is 25.7 Å². The van der Waals surface area contributed by atoms with Gasteiger partial charge in [-0.25, -0.2) is 9.13 Å². The molecule has 0 saturated heterocycles. The van der Waals surface area contributed by atoms with Crippen LogP contribution in [0.3, 0.4) is 0 Å². The number of carbonyl (C=O) groups excluding carboxylic acids is 4. The number of ether oxygens (including phenoxy) is 4. The second-order valence-electron chi connectivity index (χ2n) is 29.6. The first-order valence-corrected chi connectivity index (χ1v) is 45.1. The fourth-order valence-corrected chi connectivity index (χ4v) is 14.2. The van der Waals surface area contributed by atoms with Crippen LogP contribution < -0.4 is 0 Å². The molecule has 0 aliphatic carbocycles. The molecular weight excluding hydrogens is 1310 g/mol. The molecule has 3 N–H and O–H groups in total. The number of esters is 4. The highest BCUT2D eigenvalue weighted by Crippen LogP contribution is 2.45. The molecule has 0 rings (SSSR count). The molecule has 0 fully saturated rings. The fraction of sp³-hybridized carbons (Fsp3) is 0.951. The summed E-state index contributed by atoms with van der Waals surface area (Å²) in [4.78, 5) is 73.0. The first-order valence-electron chi connectivity index (χ1n) is 42.1. The number of hydrogen-bond acceptors (Lipinski definition) is 15. The first kappa shape index (κ1) is 98.1. The zero-order valence-corrected chi connectivity index (χ0v) is 67.1. The van der Waals surface area contributed by atoms with E-state index in [4.69, 9.17) is 37.0 Å². The van der Waals surface area contributed by atoms with E-state index in [9.17, 15) is 43.2 Å². The predicted octanol–water partition coefficient (Wildman–Crippen LogP) is 24.4. The van der Waals surface area contributed by atoms with Crippen molar-refractivity contribution >= 4 is 39.5 Å². The van der Waals surface area contributed by atoms with Gasteiger partial charge in [0.15, 0.2) is 12.2 Å². The molecule has 5 atom stereocenters. The van der Waals surface area contributed by atoms with E-state index in [1.54, 1.807) is 0 Å². The molecule has 0 aromatic rings. The van der Waals surface area contributed by atoms with Gasteiger partial charge in [-0.1, -0.05) is 381 Å². The van der Waals surface area contributed by atoms with Gasteiger partial charge in [-0.3, -0.25) is 37.3 Å². The minimum atomic E-state index is -4.96. The van der Waals surface area contributed by atoms with Crippen LogP contribution in [0.2, 0.25) is 0 Å². The number of aliphatic hydroxyl groups is 1. The third-order valence-electron chi connectivity index (χ3n) is 19.0. The molecule has 100 heavy (non-hydrogen) atoms. The highest BCUT2D eigenvalue weighted by molar-refractivity contribution is 7.47. The summed E-state index contributed by atoms with van der Waals surface area (Å²) in [5.41, 5.74) is 0. The van der Waals surface area contributed by atoms with Gasteiger partial charge >= 0.3 is 39.5 Å². The summed E-state index contributed by atoms with van der Waals surface area (Å²) in [5, 5.41) is 10.6. The monoisotopic (exact) mass is 1470 g/mol. The van der Waals surface area contributed by atoms with Crippen LogP contribution in [-0.4, -0.2) is 96.7 Å². The van der Waals surface area contributed by atoms with Crippen molar-refractivity contribution < 1.29 is 80.2 Å². The summed E-state index contributed by atoms with van der Waals surface area (Å²) >= 11 is 0. The number of unbranched alkanes of at least 4 members (excludes halogenated alkanes) is 53. The van der Waals surface area contributed by atoms with Gasteiger partial charge in [0.2, 0.25) is 0 Å². The van der Waals surface area contributed by atoms with E-state index in [1.165, 1.54) is 257 Å². The molecule has 594 valence electrons. The van der Waals surface area contributed by atoms with Crippen LogP contribution in [0.4, 0.5) is 0 Å². The maximum Gasteiger partial charge on any atom is 0.472 e. The largest absolute Gasteiger partial charge is 0.472 e. The first-order chi connectivity index (χ1) is 48.5. The number of phosphoric acid groups is 2. The van der Waals surface area contributed by atoms with Gasteiger partial charge in [-0.2, -0.15) is 0 Å². The zero-order chi connectivity index (χ0) is 73.4. The Labute approximate surface area is 613 Å². The van der Waals surface area contributed by atoms with Gasteiger partial charge in [0.1, 0.15) is 19.3 Å². The number of phosphoric ester groups is 2. The summed E-state index contributed by atoms with van der Waals surface area (Å²) in [6.45, 7) is 7.36. The summed E-state index contributed by atoms with van der Waals surface area (Å²) in [6, 6.07) is 0. The molecule has 0 saturated carbocycles.